The molecule has 120 valence electrons. The summed E-state index contributed by atoms with van der Waals surface area (Å²) in [6, 6.07) is 5.84. The predicted octanol–water partition coefficient (Wildman–Crippen LogP) is 0.622. The van der Waals surface area contributed by atoms with Crippen LogP contribution < -0.4 is 10.2 Å². The van der Waals surface area contributed by atoms with Gasteiger partial charge in [-0.25, -0.2) is 4.39 Å². The van der Waals surface area contributed by atoms with E-state index >= 15 is 0 Å². The van der Waals surface area contributed by atoms with Gasteiger partial charge in [-0.05, 0) is 25.1 Å². The van der Waals surface area contributed by atoms with E-state index in [1.807, 2.05) is 0 Å². The lowest BCUT2D eigenvalue weighted by Gasteiger charge is -2.27. The molecular formula is C16H22FN2O3+. The summed E-state index contributed by atoms with van der Waals surface area (Å²) in [5.41, 5.74) is 0.464. The van der Waals surface area contributed by atoms with Crippen molar-refractivity contribution in [3.63, 3.8) is 0 Å². The van der Waals surface area contributed by atoms with Gasteiger partial charge in [-0.15, -0.1) is 0 Å². The van der Waals surface area contributed by atoms with E-state index in [9.17, 15) is 14.0 Å². The Labute approximate surface area is 129 Å². The molecule has 1 heterocycles. The Kier molecular flexibility index (Phi) is 5.89. The first-order valence-corrected chi connectivity index (χ1v) is 7.64. The van der Waals surface area contributed by atoms with Gasteiger partial charge in [0.05, 0.1) is 25.6 Å². The molecule has 1 aromatic rings. The number of likely N-dealkylation sites (tertiary alicyclic amines) is 1. The quantitative estimate of drug-likeness (QED) is 0.784. The maximum absolute atomic E-state index is 13.1. The summed E-state index contributed by atoms with van der Waals surface area (Å²) in [7, 11) is 0. The first kappa shape index (κ1) is 16.4. The minimum absolute atomic E-state index is 0.0463. The Morgan fingerprint density at radius 1 is 1.36 bits per heavy atom. The van der Waals surface area contributed by atoms with Crippen LogP contribution in [0.15, 0.2) is 24.3 Å². The number of benzene rings is 1. The molecule has 0 saturated carbocycles. The molecule has 0 spiro atoms. The van der Waals surface area contributed by atoms with Gasteiger partial charge in [0.2, 0.25) is 0 Å². The number of quaternary nitrogens is 1. The maximum atomic E-state index is 13.1. The summed E-state index contributed by atoms with van der Waals surface area (Å²) in [5.74, 6) is -0.698. The number of halogens is 1. The number of carbonyl (C=O) groups is 2. The number of anilines is 1. The van der Waals surface area contributed by atoms with Crippen molar-refractivity contribution in [3.8, 4) is 0 Å². The summed E-state index contributed by atoms with van der Waals surface area (Å²) < 4.78 is 18.1. The van der Waals surface area contributed by atoms with E-state index in [2.05, 4.69) is 5.32 Å². The molecule has 1 aliphatic rings. The standard InChI is InChI=1S/C16H21FN2O3/c1-2-22-16(21)12-6-8-19(9-7-12)11-15(20)18-14-5-3-4-13(17)10-14/h3-5,10,12H,2,6-9,11H2,1H3,(H,18,20)/p+1. The molecule has 1 aliphatic heterocycles. The molecule has 1 saturated heterocycles. The molecule has 2 rings (SSSR count). The summed E-state index contributed by atoms with van der Waals surface area (Å²) in [4.78, 5) is 24.8. The smallest absolute Gasteiger partial charge is 0.309 e. The Balaban J connectivity index is 1.76. The molecular weight excluding hydrogens is 287 g/mol. The van der Waals surface area contributed by atoms with E-state index in [1.54, 1.807) is 19.1 Å². The van der Waals surface area contributed by atoms with Crippen molar-refractivity contribution in [1.29, 1.82) is 0 Å². The Hall–Kier alpha value is -1.95. The van der Waals surface area contributed by atoms with Crippen LogP contribution in [0.2, 0.25) is 0 Å². The van der Waals surface area contributed by atoms with Crippen LogP contribution in [0.3, 0.4) is 0 Å². The highest BCUT2D eigenvalue weighted by molar-refractivity contribution is 5.91. The second-order valence-electron chi connectivity index (χ2n) is 5.51. The zero-order valence-corrected chi connectivity index (χ0v) is 12.7. The largest absolute Gasteiger partial charge is 0.466 e. The monoisotopic (exact) mass is 309 g/mol. The third-order valence-corrected chi connectivity index (χ3v) is 3.83. The van der Waals surface area contributed by atoms with Gasteiger partial charge in [0.15, 0.2) is 6.54 Å². The van der Waals surface area contributed by atoms with Crippen LogP contribution in [-0.4, -0.2) is 38.1 Å². The number of carbonyl (C=O) groups excluding carboxylic acids is 2. The molecule has 0 radical (unpaired) electrons. The first-order valence-electron chi connectivity index (χ1n) is 7.64. The van der Waals surface area contributed by atoms with Crippen molar-refractivity contribution >= 4 is 17.6 Å². The van der Waals surface area contributed by atoms with Crippen molar-refractivity contribution in [3.05, 3.63) is 30.1 Å². The lowest BCUT2D eigenvalue weighted by Crippen LogP contribution is -3.14. The fourth-order valence-electron chi connectivity index (χ4n) is 2.70. The van der Waals surface area contributed by atoms with E-state index in [0.717, 1.165) is 30.8 Å². The minimum atomic E-state index is -0.375. The minimum Gasteiger partial charge on any atom is -0.466 e. The lowest BCUT2D eigenvalue weighted by molar-refractivity contribution is -0.897. The molecule has 2 N–H and O–H groups in total. The summed E-state index contributed by atoms with van der Waals surface area (Å²) in [5, 5.41) is 2.69. The summed E-state index contributed by atoms with van der Waals surface area (Å²) in [6.07, 6.45) is 1.48. The number of hydrogen-bond donors (Lipinski definition) is 2. The number of nitrogens with one attached hydrogen (secondary N) is 2. The van der Waals surface area contributed by atoms with Crippen LogP contribution in [0.5, 0.6) is 0 Å². The zero-order valence-electron chi connectivity index (χ0n) is 12.7. The number of rotatable bonds is 5. The van der Waals surface area contributed by atoms with Crippen molar-refractivity contribution in [1.82, 2.24) is 0 Å². The highest BCUT2D eigenvalue weighted by Crippen LogP contribution is 2.12. The van der Waals surface area contributed by atoms with Gasteiger partial charge in [0.1, 0.15) is 5.82 Å². The van der Waals surface area contributed by atoms with Gasteiger partial charge in [-0.3, -0.25) is 9.59 Å². The van der Waals surface area contributed by atoms with Crippen LogP contribution in [0.1, 0.15) is 19.8 Å². The second-order valence-corrected chi connectivity index (χ2v) is 5.51. The third-order valence-electron chi connectivity index (χ3n) is 3.83. The first-order chi connectivity index (χ1) is 10.6. The Morgan fingerprint density at radius 2 is 2.09 bits per heavy atom. The molecule has 1 amide bonds. The van der Waals surface area contributed by atoms with Crippen LogP contribution in [0.4, 0.5) is 10.1 Å². The van der Waals surface area contributed by atoms with Crippen molar-refractivity contribution in [2.24, 2.45) is 5.92 Å². The summed E-state index contributed by atoms with van der Waals surface area (Å²) >= 11 is 0. The molecule has 0 aromatic heterocycles. The van der Waals surface area contributed by atoms with Crippen LogP contribution in [0, 0.1) is 11.7 Å². The van der Waals surface area contributed by atoms with Crippen molar-refractivity contribution < 1.29 is 23.6 Å². The highest BCUT2D eigenvalue weighted by Gasteiger charge is 2.29. The predicted molar refractivity (Wildman–Crippen MR) is 80.0 cm³/mol. The molecule has 0 atom stereocenters. The van der Waals surface area contributed by atoms with E-state index in [4.69, 9.17) is 4.74 Å². The lowest BCUT2D eigenvalue weighted by atomic mass is 9.97. The maximum Gasteiger partial charge on any atom is 0.309 e. The molecule has 6 heteroatoms. The summed E-state index contributed by atoms with van der Waals surface area (Å²) in [6.45, 7) is 4.06. The van der Waals surface area contributed by atoms with Gasteiger partial charge in [0.25, 0.3) is 5.91 Å². The third kappa shape index (κ3) is 4.80. The number of hydrogen-bond acceptors (Lipinski definition) is 3. The van der Waals surface area contributed by atoms with Crippen molar-refractivity contribution in [2.45, 2.75) is 19.8 Å². The molecule has 0 unspecified atom stereocenters. The Bertz CT molecular complexity index is 528. The van der Waals surface area contributed by atoms with Crippen LogP contribution >= 0.6 is 0 Å². The van der Waals surface area contributed by atoms with Crippen LogP contribution in [0.25, 0.3) is 0 Å². The molecule has 0 bridgehead atoms. The number of ether oxygens (including phenoxy) is 1. The fourth-order valence-corrected chi connectivity index (χ4v) is 2.70. The second kappa shape index (κ2) is 7.89. The van der Waals surface area contributed by atoms with Gasteiger partial charge in [-0.1, -0.05) is 6.07 Å². The average molecular weight is 309 g/mol. The zero-order chi connectivity index (χ0) is 15.9. The number of amides is 1. The molecule has 0 aliphatic carbocycles. The normalized spacial score (nSPS) is 21.2. The highest BCUT2D eigenvalue weighted by atomic mass is 19.1. The van der Waals surface area contributed by atoms with Crippen molar-refractivity contribution in [2.75, 3.05) is 31.6 Å². The molecule has 1 fully saturated rings. The molecule has 5 nitrogen and oxygen atoms in total. The van der Waals surface area contributed by atoms with E-state index < -0.39 is 0 Å². The van der Waals surface area contributed by atoms with Gasteiger partial charge < -0.3 is 15.0 Å². The van der Waals surface area contributed by atoms with E-state index in [-0.39, 0.29) is 23.6 Å². The average Bonchev–Trinajstić information content (AvgIpc) is 2.48. The molecule has 1 aromatic carbocycles. The SMILES string of the molecule is CCOC(=O)C1CC[NH+](CC(=O)Nc2cccc(F)c2)CC1. The van der Waals surface area contributed by atoms with E-state index in [0.29, 0.717) is 18.8 Å². The number of piperidine rings is 1. The van der Waals surface area contributed by atoms with Gasteiger partial charge in [0, 0.05) is 18.5 Å². The van der Waals surface area contributed by atoms with Crippen LogP contribution in [-0.2, 0) is 14.3 Å². The van der Waals surface area contributed by atoms with Gasteiger partial charge in [-0.2, -0.15) is 0 Å². The van der Waals surface area contributed by atoms with Gasteiger partial charge >= 0.3 is 5.97 Å². The number of esters is 1. The molecule has 22 heavy (non-hydrogen) atoms. The van der Waals surface area contributed by atoms with E-state index in [1.165, 1.54) is 12.1 Å². The topological polar surface area (TPSA) is 59.8 Å². The fraction of sp³-hybridized carbons (Fsp3) is 0.500. The Morgan fingerprint density at radius 3 is 2.73 bits per heavy atom.